The monoisotopic (exact) mass is 447 g/mol. The van der Waals surface area contributed by atoms with E-state index in [9.17, 15) is 24.0 Å². The van der Waals surface area contributed by atoms with Crippen LogP contribution in [0, 0.1) is 0 Å². The Morgan fingerprint density at radius 3 is 2.38 bits per heavy atom. The number of carbonyl (C=O) groups excluding carboxylic acids is 5. The van der Waals surface area contributed by atoms with Crippen molar-refractivity contribution in [2.45, 2.75) is 50.7 Å². The molecule has 32 heavy (non-hydrogen) atoms. The summed E-state index contributed by atoms with van der Waals surface area (Å²) in [6.07, 6.45) is 1.04. The maximum absolute atomic E-state index is 12.9. The van der Waals surface area contributed by atoms with Gasteiger partial charge in [-0.25, -0.2) is 4.79 Å². The fourth-order valence-electron chi connectivity index (χ4n) is 3.51. The fourth-order valence-corrected chi connectivity index (χ4v) is 3.51. The summed E-state index contributed by atoms with van der Waals surface area (Å²) in [6, 6.07) is 6.38. The highest BCUT2D eigenvalue weighted by atomic mass is 16.5. The lowest BCUT2D eigenvalue weighted by Gasteiger charge is -2.44. The van der Waals surface area contributed by atoms with Crippen molar-refractivity contribution >= 4 is 29.7 Å². The summed E-state index contributed by atoms with van der Waals surface area (Å²) >= 11 is 0. The molecule has 0 aromatic heterocycles. The smallest absolute Gasteiger partial charge is 0.328 e. The number of esters is 2. The molecule has 1 saturated heterocycles. The molecule has 3 atom stereocenters. The van der Waals surface area contributed by atoms with Gasteiger partial charge in [0.2, 0.25) is 17.7 Å². The summed E-state index contributed by atoms with van der Waals surface area (Å²) in [7, 11) is 2.43. The van der Waals surface area contributed by atoms with E-state index >= 15 is 0 Å². The first-order chi connectivity index (χ1) is 15.3. The third-order valence-electron chi connectivity index (χ3n) is 5.21. The lowest BCUT2D eigenvalue weighted by atomic mass is 9.94. The van der Waals surface area contributed by atoms with Crippen LogP contribution in [0.1, 0.15) is 31.7 Å². The molecule has 0 radical (unpaired) electrons. The van der Waals surface area contributed by atoms with Gasteiger partial charge in [0.15, 0.2) is 0 Å². The van der Waals surface area contributed by atoms with Crippen LogP contribution in [0.4, 0.5) is 0 Å². The summed E-state index contributed by atoms with van der Waals surface area (Å²) in [6.45, 7) is 1.50. The third-order valence-corrected chi connectivity index (χ3v) is 5.21. The minimum Gasteiger partial charge on any atom is -0.468 e. The van der Waals surface area contributed by atoms with Gasteiger partial charge in [-0.1, -0.05) is 43.7 Å². The van der Waals surface area contributed by atoms with Gasteiger partial charge in [-0.2, -0.15) is 0 Å². The highest BCUT2D eigenvalue weighted by molar-refractivity contribution is 6.01. The molecule has 3 amide bonds. The van der Waals surface area contributed by atoms with Crippen molar-refractivity contribution in [2.75, 3.05) is 20.8 Å². The summed E-state index contributed by atoms with van der Waals surface area (Å²) in [4.78, 5) is 62.6. The molecule has 1 fully saturated rings. The van der Waals surface area contributed by atoms with E-state index in [1.165, 1.54) is 19.1 Å². The van der Waals surface area contributed by atoms with E-state index in [2.05, 4.69) is 15.4 Å². The first kappa shape index (κ1) is 24.8. The highest BCUT2D eigenvalue weighted by Gasteiger charge is 2.47. The van der Waals surface area contributed by atoms with Gasteiger partial charge in [0.05, 0.1) is 20.6 Å². The van der Waals surface area contributed by atoms with E-state index in [4.69, 9.17) is 4.74 Å². The van der Waals surface area contributed by atoms with Gasteiger partial charge in [0, 0.05) is 6.42 Å². The highest BCUT2D eigenvalue weighted by Crippen LogP contribution is 2.25. The molecule has 174 valence electrons. The van der Waals surface area contributed by atoms with E-state index in [0.717, 1.165) is 5.56 Å². The molecule has 2 rings (SSSR count). The van der Waals surface area contributed by atoms with Gasteiger partial charge >= 0.3 is 11.9 Å². The van der Waals surface area contributed by atoms with Crippen molar-refractivity contribution in [1.82, 2.24) is 15.5 Å². The predicted molar refractivity (Wildman–Crippen MR) is 113 cm³/mol. The second-order valence-electron chi connectivity index (χ2n) is 7.39. The van der Waals surface area contributed by atoms with Crippen LogP contribution in [0.25, 0.3) is 0 Å². The van der Waals surface area contributed by atoms with E-state index in [0.29, 0.717) is 12.8 Å². The molecule has 1 aliphatic rings. The molecule has 1 unspecified atom stereocenters. The van der Waals surface area contributed by atoms with Gasteiger partial charge in [0.25, 0.3) is 0 Å². The average Bonchev–Trinajstić information content (AvgIpc) is 2.79. The summed E-state index contributed by atoms with van der Waals surface area (Å²) in [5.41, 5.74) is 0.829. The molecule has 0 saturated carbocycles. The number of methoxy groups -OCH3 is 2. The second kappa shape index (κ2) is 11.8. The molecule has 1 aromatic carbocycles. The molecule has 0 spiro atoms. The van der Waals surface area contributed by atoms with E-state index < -0.39 is 41.9 Å². The van der Waals surface area contributed by atoms with Crippen LogP contribution in [-0.2, 0) is 39.9 Å². The molecule has 10 nitrogen and oxygen atoms in total. The zero-order valence-corrected chi connectivity index (χ0v) is 18.5. The molecular weight excluding hydrogens is 418 g/mol. The van der Waals surface area contributed by atoms with E-state index in [1.807, 2.05) is 37.3 Å². The molecule has 1 aromatic rings. The normalized spacial score (nSPS) is 16.9. The molecule has 0 aliphatic carbocycles. The quantitative estimate of drug-likeness (QED) is 0.359. The SMILES string of the molecule is CCC[C@@H](C(=O)NCC(=O)OC)N1C(=O)CC1C(=O)N[C@@H](Cc1ccccc1)C(=O)OC. The standard InChI is InChI=1S/C22H29N3O7/c1-4-8-16(20(28)23-13-19(27)31-2)25-17(12-18(25)26)21(29)24-15(22(30)32-3)11-14-9-6-5-7-10-14/h5-7,9-10,15-17H,4,8,11-13H2,1-3H3,(H,23,28)(H,24,29)/t15-,16-,17?/m0/s1. The predicted octanol–water partition coefficient (Wildman–Crippen LogP) is -0.0543. The Bertz CT molecular complexity index is 843. The van der Waals surface area contributed by atoms with Gasteiger partial charge in [-0.15, -0.1) is 0 Å². The first-order valence-electron chi connectivity index (χ1n) is 10.4. The van der Waals surface area contributed by atoms with Crippen molar-refractivity contribution in [2.24, 2.45) is 0 Å². The van der Waals surface area contributed by atoms with Crippen molar-refractivity contribution in [3.63, 3.8) is 0 Å². The molecule has 2 N–H and O–H groups in total. The van der Waals surface area contributed by atoms with Crippen molar-refractivity contribution in [3.05, 3.63) is 35.9 Å². The van der Waals surface area contributed by atoms with Gasteiger partial charge in [0.1, 0.15) is 24.7 Å². The number of rotatable bonds is 11. The number of hydrogen-bond donors (Lipinski definition) is 2. The lowest BCUT2D eigenvalue weighted by molar-refractivity contribution is -0.162. The van der Waals surface area contributed by atoms with Crippen LogP contribution < -0.4 is 10.6 Å². The maximum atomic E-state index is 12.9. The van der Waals surface area contributed by atoms with Gasteiger partial charge < -0.3 is 25.0 Å². The van der Waals surface area contributed by atoms with Crippen LogP contribution in [0.3, 0.4) is 0 Å². The van der Waals surface area contributed by atoms with Crippen LogP contribution >= 0.6 is 0 Å². The van der Waals surface area contributed by atoms with E-state index in [-0.39, 0.29) is 25.3 Å². The third kappa shape index (κ3) is 6.29. The maximum Gasteiger partial charge on any atom is 0.328 e. The number of benzene rings is 1. The van der Waals surface area contributed by atoms with Crippen molar-refractivity contribution in [3.8, 4) is 0 Å². The minimum atomic E-state index is -0.940. The zero-order valence-electron chi connectivity index (χ0n) is 18.5. The molecule has 1 heterocycles. The number of nitrogens with zero attached hydrogens (tertiary/aromatic N) is 1. The fraction of sp³-hybridized carbons (Fsp3) is 0.500. The summed E-state index contributed by atoms with van der Waals surface area (Å²) < 4.78 is 9.32. The van der Waals surface area contributed by atoms with E-state index in [1.54, 1.807) is 0 Å². The average molecular weight is 447 g/mol. The van der Waals surface area contributed by atoms with Crippen LogP contribution in [0.2, 0.25) is 0 Å². The molecule has 1 aliphatic heterocycles. The number of amides is 3. The number of nitrogens with one attached hydrogen (secondary N) is 2. The molecular formula is C22H29N3O7. The lowest BCUT2D eigenvalue weighted by Crippen LogP contribution is -2.67. The number of ether oxygens (including phenoxy) is 2. The second-order valence-corrected chi connectivity index (χ2v) is 7.39. The Morgan fingerprint density at radius 1 is 1.12 bits per heavy atom. The molecule has 0 bridgehead atoms. The Kier molecular flexibility index (Phi) is 9.18. The van der Waals surface area contributed by atoms with Crippen LogP contribution in [0.15, 0.2) is 30.3 Å². The number of hydrogen-bond acceptors (Lipinski definition) is 7. The number of β-lactam (4-membered cyclic amide) rings is 1. The number of carbonyl (C=O) groups is 5. The Morgan fingerprint density at radius 2 is 1.81 bits per heavy atom. The largest absolute Gasteiger partial charge is 0.468 e. The van der Waals surface area contributed by atoms with Crippen molar-refractivity contribution < 1.29 is 33.4 Å². The Labute approximate surface area is 186 Å². The van der Waals surface area contributed by atoms with Crippen LogP contribution in [0.5, 0.6) is 0 Å². The number of likely N-dealkylation sites (tertiary alicyclic amines) is 1. The molecule has 10 heteroatoms. The van der Waals surface area contributed by atoms with Crippen molar-refractivity contribution in [1.29, 1.82) is 0 Å². The summed E-state index contributed by atoms with van der Waals surface area (Å²) in [5, 5.41) is 5.09. The topological polar surface area (TPSA) is 131 Å². The first-order valence-corrected chi connectivity index (χ1v) is 10.4. The van der Waals surface area contributed by atoms with Crippen LogP contribution in [-0.4, -0.2) is 73.4 Å². The Balaban J connectivity index is 2.11. The summed E-state index contributed by atoms with van der Waals surface area (Å²) in [5.74, 6) is -2.68. The zero-order chi connectivity index (χ0) is 23.7. The van der Waals surface area contributed by atoms with Gasteiger partial charge in [-0.3, -0.25) is 19.2 Å². The Hall–Kier alpha value is -3.43. The minimum absolute atomic E-state index is 0.0739. The van der Waals surface area contributed by atoms with Gasteiger partial charge in [-0.05, 0) is 12.0 Å².